The molecule has 306 valence electrons. The van der Waals surface area contributed by atoms with E-state index < -0.39 is 122 Å². The fourth-order valence-corrected chi connectivity index (χ4v) is 7.97. The zero-order chi connectivity index (χ0) is 38.4. The van der Waals surface area contributed by atoms with Gasteiger partial charge >= 0.3 is 0 Å². The zero-order valence-corrected chi connectivity index (χ0v) is 29.6. The standard InChI is InChI=1S/C32H60N8O13/c33-7-17-22(43)23(44)20(38)29(49-17)52-26-18(10-41)50-30(24(26)45)53-27-21(42)16(40-31(46)32(47)6-19(32)37)5-15(36)25(27)51-28-14(35)2-1-13(48-28)9-39-8-11-3-12(34)4-11/h11-30,39,41-45,47H,1-10,33-38H2,(H,40,46)/t11?,12?,13-,14+,15-,16+,17-,18+,19?,20+,21-,22+,23+,24+,25+,26+,27+,28+,29+,30-,32?/m0/s1. The molecule has 0 spiro atoms. The molecule has 0 aromatic rings. The minimum atomic E-state index is -1.79. The third-order valence-electron chi connectivity index (χ3n) is 11.6. The maximum Gasteiger partial charge on any atom is 0.253 e. The highest BCUT2D eigenvalue weighted by Gasteiger charge is 2.59. The summed E-state index contributed by atoms with van der Waals surface area (Å²) >= 11 is 0. The molecule has 19 atom stereocenters. The first kappa shape index (κ1) is 41.3. The molecule has 6 aliphatic rings. The minimum absolute atomic E-state index is 0.00824. The molecule has 3 saturated carbocycles. The van der Waals surface area contributed by atoms with Crippen molar-refractivity contribution in [1.82, 2.24) is 10.6 Å². The predicted molar refractivity (Wildman–Crippen MR) is 182 cm³/mol. The van der Waals surface area contributed by atoms with Crippen LogP contribution in [0.3, 0.4) is 0 Å². The summed E-state index contributed by atoms with van der Waals surface area (Å²) in [5.41, 5.74) is 34.7. The average Bonchev–Trinajstić information content (AvgIpc) is 3.64. The molecule has 0 aromatic heterocycles. The van der Waals surface area contributed by atoms with Crippen molar-refractivity contribution < 1.29 is 63.9 Å². The smallest absolute Gasteiger partial charge is 0.253 e. The van der Waals surface area contributed by atoms with Gasteiger partial charge in [-0.3, -0.25) is 4.79 Å². The summed E-state index contributed by atoms with van der Waals surface area (Å²) in [5, 5.41) is 70.6. The maximum atomic E-state index is 12.9. The molecule has 0 radical (unpaired) electrons. The number of amides is 1. The minimum Gasteiger partial charge on any atom is -0.394 e. The van der Waals surface area contributed by atoms with E-state index in [1.54, 1.807) is 0 Å². The van der Waals surface area contributed by atoms with Crippen LogP contribution in [0.4, 0.5) is 0 Å². The van der Waals surface area contributed by atoms with Crippen LogP contribution in [-0.4, -0.2) is 185 Å². The second-order valence-corrected chi connectivity index (χ2v) is 15.7. The number of carbonyl (C=O) groups is 1. The molecule has 53 heavy (non-hydrogen) atoms. The Balaban J connectivity index is 1.16. The second kappa shape index (κ2) is 17.1. The Morgan fingerprint density at radius 3 is 2.06 bits per heavy atom. The second-order valence-electron chi connectivity index (χ2n) is 15.7. The lowest BCUT2D eigenvalue weighted by molar-refractivity contribution is -0.290. The molecular weight excluding hydrogens is 704 g/mol. The van der Waals surface area contributed by atoms with Crippen molar-refractivity contribution in [3.63, 3.8) is 0 Å². The third kappa shape index (κ3) is 8.83. The molecule has 2 unspecified atom stereocenters. The number of hydrogen-bond donors (Lipinski definition) is 14. The van der Waals surface area contributed by atoms with Gasteiger partial charge in [0.2, 0.25) is 0 Å². The van der Waals surface area contributed by atoms with Crippen molar-refractivity contribution >= 4 is 5.91 Å². The van der Waals surface area contributed by atoms with Gasteiger partial charge < -0.3 is 104 Å². The highest BCUT2D eigenvalue weighted by Crippen LogP contribution is 2.37. The van der Waals surface area contributed by atoms with Gasteiger partial charge in [-0.15, -0.1) is 0 Å². The highest BCUT2D eigenvalue weighted by molar-refractivity contribution is 5.89. The highest BCUT2D eigenvalue weighted by atomic mass is 16.8. The molecule has 3 aliphatic heterocycles. The van der Waals surface area contributed by atoms with Gasteiger partial charge in [-0.2, -0.15) is 0 Å². The molecule has 6 fully saturated rings. The van der Waals surface area contributed by atoms with Crippen LogP contribution in [0, 0.1) is 5.92 Å². The Kier molecular flexibility index (Phi) is 13.3. The Bertz CT molecular complexity index is 1230. The maximum absolute atomic E-state index is 12.9. The lowest BCUT2D eigenvalue weighted by atomic mass is 9.81. The van der Waals surface area contributed by atoms with Crippen LogP contribution >= 0.6 is 0 Å². The van der Waals surface area contributed by atoms with Crippen LogP contribution in [-0.2, 0) is 33.2 Å². The first-order chi connectivity index (χ1) is 25.1. The van der Waals surface area contributed by atoms with Crippen LogP contribution in [0.1, 0.15) is 38.5 Å². The van der Waals surface area contributed by atoms with E-state index in [2.05, 4.69) is 10.6 Å². The number of hydrogen-bond acceptors (Lipinski definition) is 20. The van der Waals surface area contributed by atoms with Gasteiger partial charge in [-0.25, -0.2) is 0 Å². The zero-order valence-electron chi connectivity index (χ0n) is 29.6. The first-order valence-corrected chi connectivity index (χ1v) is 18.6. The summed E-state index contributed by atoms with van der Waals surface area (Å²) in [4.78, 5) is 12.9. The summed E-state index contributed by atoms with van der Waals surface area (Å²) in [6.45, 7) is 0.533. The van der Waals surface area contributed by atoms with Crippen molar-refractivity contribution in [2.45, 2.75) is 160 Å². The van der Waals surface area contributed by atoms with Crippen LogP contribution < -0.4 is 45.0 Å². The van der Waals surface area contributed by atoms with E-state index in [1.165, 1.54) is 0 Å². The van der Waals surface area contributed by atoms with E-state index in [9.17, 15) is 35.4 Å². The Labute approximate surface area is 307 Å². The molecule has 21 heteroatoms. The van der Waals surface area contributed by atoms with Crippen molar-refractivity contribution in [2.24, 2.45) is 40.3 Å². The van der Waals surface area contributed by atoms with Gasteiger partial charge in [0.15, 0.2) is 24.5 Å². The molecule has 21 nitrogen and oxygen atoms in total. The molecule has 3 aliphatic carbocycles. The summed E-state index contributed by atoms with van der Waals surface area (Å²) in [6.07, 6.45) is -13.0. The normalized spacial score (nSPS) is 51.5. The average molecular weight is 765 g/mol. The third-order valence-corrected chi connectivity index (χ3v) is 11.6. The van der Waals surface area contributed by atoms with E-state index in [0.29, 0.717) is 25.3 Å². The molecular formula is C32H60N8O13. The van der Waals surface area contributed by atoms with Gasteiger partial charge in [0.25, 0.3) is 5.91 Å². The molecule has 1 amide bonds. The number of aliphatic hydroxyl groups is 6. The number of nitrogens with one attached hydrogen (secondary N) is 2. The van der Waals surface area contributed by atoms with E-state index >= 15 is 0 Å². The topological polar surface area (TPSA) is 374 Å². The van der Waals surface area contributed by atoms with Gasteiger partial charge in [0.1, 0.15) is 54.9 Å². The van der Waals surface area contributed by atoms with E-state index in [-0.39, 0.29) is 31.5 Å². The van der Waals surface area contributed by atoms with Gasteiger partial charge in [-0.05, 0) is 44.6 Å². The summed E-state index contributed by atoms with van der Waals surface area (Å²) in [6, 6.07) is -4.28. The lowest BCUT2D eigenvalue weighted by Gasteiger charge is -2.47. The predicted octanol–water partition coefficient (Wildman–Crippen LogP) is -7.85. The number of aliphatic hydroxyl groups excluding tert-OH is 5. The number of carbonyl (C=O) groups excluding carboxylic acids is 1. The monoisotopic (exact) mass is 764 g/mol. The van der Waals surface area contributed by atoms with Crippen molar-refractivity contribution in [2.75, 3.05) is 26.2 Å². The van der Waals surface area contributed by atoms with Gasteiger partial charge in [0.05, 0.1) is 30.8 Å². The van der Waals surface area contributed by atoms with E-state index in [1.807, 2.05) is 0 Å². The van der Waals surface area contributed by atoms with Crippen molar-refractivity contribution in [1.29, 1.82) is 0 Å². The number of nitrogens with two attached hydrogens (primary N) is 6. The SMILES string of the molecule is NC[C@@H]1O[C@H](O[C@H]2[C@@H](O)[C@H](O[C@@H]3[C@@H](O)[C@H](NC(=O)C4(O)CC4N)C[C@H](N)[C@H]3O[C@H]3O[C@H](CNCC4CC(N)C4)CC[C@H]3N)O[C@@H]2CO)[C@H](N)[C@@H](O)[C@@H]1O. The number of rotatable bonds is 14. The fraction of sp³-hybridized carbons (Fsp3) is 0.969. The van der Waals surface area contributed by atoms with Crippen LogP contribution in [0.15, 0.2) is 0 Å². The van der Waals surface area contributed by atoms with Crippen molar-refractivity contribution in [3.05, 3.63) is 0 Å². The summed E-state index contributed by atoms with van der Waals surface area (Å²) in [5.74, 6) is -0.265. The molecule has 6 rings (SSSR count). The van der Waals surface area contributed by atoms with E-state index in [4.69, 9.17) is 62.8 Å². The molecule has 20 N–H and O–H groups in total. The first-order valence-electron chi connectivity index (χ1n) is 18.6. The van der Waals surface area contributed by atoms with Gasteiger partial charge in [0, 0.05) is 37.6 Å². The van der Waals surface area contributed by atoms with Crippen LogP contribution in [0.2, 0.25) is 0 Å². The van der Waals surface area contributed by atoms with Crippen LogP contribution in [0.25, 0.3) is 0 Å². The fourth-order valence-electron chi connectivity index (χ4n) is 7.97. The van der Waals surface area contributed by atoms with Crippen molar-refractivity contribution in [3.8, 4) is 0 Å². The Morgan fingerprint density at radius 2 is 1.42 bits per heavy atom. The largest absolute Gasteiger partial charge is 0.394 e. The molecule has 3 heterocycles. The Hall–Kier alpha value is -1.29. The lowest BCUT2D eigenvalue weighted by Crippen LogP contribution is -2.67. The van der Waals surface area contributed by atoms with Gasteiger partial charge in [-0.1, -0.05) is 0 Å². The Morgan fingerprint density at radius 1 is 0.755 bits per heavy atom. The molecule has 0 bridgehead atoms. The van der Waals surface area contributed by atoms with E-state index in [0.717, 1.165) is 19.4 Å². The summed E-state index contributed by atoms with van der Waals surface area (Å²) < 4.78 is 36.3. The van der Waals surface area contributed by atoms with Crippen LogP contribution in [0.5, 0.6) is 0 Å². The number of ether oxygens (including phenoxy) is 6. The quantitative estimate of drug-likeness (QED) is 0.0781. The molecule has 0 aromatic carbocycles. The molecule has 3 saturated heterocycles. The summed E-state index contributed by atoms with van der Waals surface area (Å²) in [7, 11) is 0.